The number of hydrogen-bond donors (Lipinski definition) is 1. The van der Waals surface area contributed by atoms with Crippen LogP contribution in [0.4, 0.5) is 0 Å². The molecule has 0 saturated carbocycles. The highest BCUT2D eigenvalue weighted by atomic mass is 35.5. The molecule has 0 fully saturated rings. The van der Waals surface area contributed by atoms with Crippen LogP contribution in [0.25, 0.3) is 0 Å². The number of amides is 2. The Bertz CT molecular complexity index is 939. The molecule has 1 N–H and O–H groups in total. The highest BCUT2D eigenvalue weighted by Crippen LogP contribution is 2.31. The van der Waals surface area contributed by atoms with E-state index >= 15 is 0 Å². The maximum Gasteiger partial charge on any atom is 0.261 e. The molecule has 2 aromatic carbocycles. The average molecular weight is 473 g/mol. The number of carbonyl (C=O) groups excluding carboxylic acids is 2. The maximum absolute atomic E-state index is 13.4. The molecule has 0 saturated heterocycles. The summed E-state index contributed by atoms with van der Waals surface area (Å²) in [5.41, 5.74) is 1.69. The molecule has 0 aromatic heterocycles. The van der Waals surface area contributed by atoms with Gasteiger partial charge >= 0.3 is 0 Å². The van der Waals surface area contributed by atoms with Crippen molar-refractivity contribution in [1.82, 2.24) is 10.2 Å². The fraction of sp³-hybridized carbons (Fsp3) is 0.481. The Morgan fingerprint density at radius 3 is 2.27 bits per heavy atom. The van der Waals surface area contributed by atoms with Crippen molar-refractivity contribution in [3.63, 3.8) is 0 Å². The second-order valence-corrected chi connectivity index (χ2v) is 9.80. The third kappa shape index (κ3) is 7.50. The van der Waals surface area contributed by atoms with Gasteiger partial charge < -0.3 is 15.0 Å². The molecule has 0 aliphatic rings. The lowest BCUT2D eigenvalue weighted by Gasteiger charge is -2.32. The van der Waals surface area contributed by atoms with Crippen LogP contribution in [-0.2, 0) is 21.5 Å². The van der Waals surface area contributed by atoms with Crippen LogP contribution < -0.4 is 10.1 Å². The summed E-state index contributed by atoms with van der Waals surface area (Å²) in [4.78, 5) is 28.1. The minimum atomic E-state index is -0.621. The molecule has 2 aromatic rings. The molecule has 2 atom stereocenters. The molecule has 33 heavy (non-hydrogen) atoms. The van der Waals surface area contributed by atoms with Gasteiger partial charge in [-0.05, 0) is 48.4 Å². The number of carbonyl (C=O) groups is 2. The van der Waals surface area contributed by atoms with Gasteiger partial charge in [0.1, 0.15) is 11.8 Å². The summed E-state index contributed by atoms with van der Waals surface area (Å²) in [6, 6.07) is 14.5. The zero-order chi connectivity index (χ0) is 24.6. The van der Waals surface area contributed by atoms with E-state index < -0.39 is 6.04 Å². The van der Waals surface area contributed by atoms with Crippen molar-refractivity contribution < 1.29 is 14.3 Å². The average Bonchev–Trinajstić information content (AvgIpc) is 2.78. The van der Waals surface area contributed by atoms with Gasteiger partial charge in [-0.15, -0.1) is 0 Å². The zero-order valence-electron chi connectivity index (χ0n) is 20.7. The molecular formula is C27H37ClN2O3. The number of benzene rings is 2. The van der Waals surface area contributed by atoms with Gasteiger partial charge in [-0.25, -0.2) is 0 Å². The Hall–Kier alpha value is -2.53. The Labute approximate surface area is 203 Å². The summed E-state index contributed by atoms with van der Waals surface area (Å²) in [7, 11) is 0. The summed E-state index contributed by atoms with van der Waals surface area (Å²) >= 11 is 6.38. The van der Waals surface area contributed by atoms with Gasteiger partial charge in [0.25, 0.3) is 5.91 Å². The van der Waals surface area contributed by atoms with Crippen LogP contribution in [0, 0.1) is 0 Å². The van der Waals surface area contributed by atoms with E-state index in [0.29, 0.717) is 17.2 Å². The van der Waals surface area contributed by atoms with Crippen LogP contribution >= 0.6 is 11.6 Å². The third-order valence-corrected chi connectivity index (χ3v) is 6.10. The summed E-state index contributed by atoms with van der Waals surface area (Å²) in [6.07, 6.45) is 1.30. The van der Waals surface area contributed by atoms with Crippen molar-refractivity contribution in [3.8, 4) is 5.75 Å². The summed E-state index contributed by atoms with van der Waals surface area (Å²) < 4.78 is 6.00. The fourth-order valence-corrected chi connectivity index (χ4v) is 3.80. The van der Waals surface area contributed by atoms with Crippen molar-refractivity contribution in [2.45, 2.75) is 78.4 Å². The monoisotopic (exact) mass is 472 g/mol. The van der Waals surface area contributed by atoms with Crippen molar-refractivity contribution >= 4 is 23.4 Å². The molecule has 0 aliphatic carbocycles. The minimum Gasteiger partial charge on any atom is -0.483 e. The van der Waals surface area contributed by atoms with Gasteiger partial charge in [0.2, 0.25) is 5.91 Å². The lowest BCUT2D eigenvalue weighted by Crippen LogP contribution is -2.51. The van der Waals surface area contributed by atoms with Crippen LogP contribution in [0.15, 0.2) is 48.5 Å². The van der Waals surface area contributed by atoms with Crippen LogP contribution in [0.1, 0.15) is 65.5 Å². The number of hydrogen-bond acceptors (Lipinski definition) is 3. The molecule has 0 aliphatic heterocycles. The Morgan fingerprint density at radius 1 is 1.03 bits per heavy atom. The number of ether oxygens (including phenoxy) is 1. The highest BCUT2D eigenvalue weighted by molar-refractivity contribution is 6.31. The van der Waals surface area contributed by atoms with Crippen LogP contribution in [-0.4, -0.2) is 35.4 Å². The lowest BCUT2D eigenvalue weighted by atomic mass is 9.86. The highest BCUT2D eigenvalue weighted by Gasteiger charge is 2.30. The molecule has 5 nitrogen and oxygen atoms in total. The van der Waals surface area contributed by atoms with Crippen LogP contribution in [0.5, 0.6) is 5.75 Å². The first kappa shape index (κ1) is 26.7. The largest absolute Gasteiger partial charge is 0.483 e. The normalized spacial score (nSPS) is 13.2. The molecule has 0 spiro atoms. The fourth-order valence-electron chi connectivity index (χ4n) is 3.61. The van der Waals surface area contributed by atoms with E-state index in [1.807, 2.05) is 63.2 Å². The van der Waals surface area contributed by atoms with E-state index in [9.17, 15) is 9.59 Å². The molecule has 2 amide bonds. The van der Waals surface area contributed by atoms with Gasteiger partial charge in [0, 0.05) is 17.6 Å². The molecule has 6 heteroatoms. The summed E-state index contributed by atoms with van der Waals surface area (Å²) in [6.45, 7) is 12.3. The number of para-hydroxylation sites is 1. The van der Waals surface area contributed by atoms with Gasteiger partial charge in [-0.1, -0.05) is 82.6 Å². The Balaban J connectivity index is 2.30. The molecule has 0 bridgehead atoms. The second-order valence-electron chi connectivity index (χ2n) is 9.39. The zero-order valence-corrected chi connectivity index (χ0v) is 21.4. The van der Waals surface area contributed by atoms with E-state index in [0.717, 1.165) is 17.5 Å². The van der Waals surface area contributed by atoms with Gasteiger partial charge in [0.15, 0.2) is 6.61 Å². The quantitative estimate of drug-likeness (QED) is 0.479. The van der Waals surface area contributed by atoms with Gasteiger partial charge in [-0.3, -0.25) is 9.59 Å². The van der Waals surface area contributed by atoms with E-state index in [4.69, 9.17) is 16.3 Å². The van der Waals surface area contributed by atoms with Gasteiger partial charge in [-0.2, -0.15) is 0 Å². The number of halogens is 1. The van der Waals surface area contributed by atoms with Crippen LogP contribution in [0.3, 0.4) is 0 Å². The van der Waals surface area contributed by atoms with Crippen molar-refractivity contribution in [3.05, 3.63) is 64.7 Å². The van der Waals surface area contributed by atoms with E-state index in [1.165, 1.54) is 0 Å². The lowest BCUT2D eigenvalue weighted by molar-refractivity contribution is -0.143. The SMILES string of the molecule is CC[C@H](C)NC(=O)[C@H](CC)N(Cc1ccccc1Cl)C(=O)COc1ccccc1C(C)(C)C. The number of rotatable bonds is 10. The third-order valence-electron chi connectivity index (χ3n) is 5.73. The van der Waals surface area contributed by atoms with Crippen molar-refractivity contribution in [2.75, 3.05) is 6.61 Å². The van der Waals surface area contributed by atoms with Crippen molar-refractivity contribution in [2.24, 2.45) is 0 Å². The van der Waals surface area contributed by atoms with Gasteiger partial charge in [0.05, 0.1) is 0 Å². The first-order valence-electron chi connectivity index (χ1n) is 11.6. The topological polar surface area (TPSA) is 58.6 Å². The molecule has 180 valence electrons. The summed E-state index contributed by atoms with van der Waals surface area (Å²) in [5.74, 6) is 0.250. The summed E-state index contributed by atoms with van der Waals surface area (Å²) in [5, 5.41) is 3.57. The predicted molar refractivity (Wildman–Crippen MR) is 135 cm³/mol. The first-order valence-corrected chi connectivity index (χ1v) is 12.0. The van der Waals surface area contributed by atoms with E-state index in [-0.39, 0.29) is 36.4 Å². The molecular weight excluding hydrogens is 436 g/mol. The molecule has 0 heterocycles. The Morgan fingerprint density at radius 2 is 1.67 bits per heavy atom. The predicted octanol–water partition coefficient (Wildman–Crippen LogP) is 5.74. The molecule has 0 radical (unpaired) electrons. The number of nitrogens with one attached hydrogen (secondary N) is 1. The standard InChI is InChI=1S/C27H37ClN2O3/c1-7-19(3)29-26(32)23(8-2)30(17-20-13-9-11-15-22(20)28)25(31)18-33-24-16-12-10-14-21(24)27(4,5)6/h9-16,19,23H,7-8,17-18H2,1-6H3,(H,29,32)/t19-,23-/m0/s1. The van der Waals surface area contributed by atoms with Crippen LogP contribution in [0.2, 0.25) is 5.02 Å². The van der Waals surface area contributed by atoms with E-state index in [1.54, 1.807) is 11.0 Å². The Kier molecular flexibility index (Phi) is 9.78. The minimum absolute atomic E-state index is 0.0266. The molecule has 0 unspecified atom stereocenters. The number of nitrogens with zero attached hydrogens (tertiary/aromatic N) is 1. The van der Waals surface area contributed by atoms with E-state index in [2.05, 4.69) is 26.1 Å². The smallest absolute Gasteiger partial charge is 0.261 e. The van der Waals surface area contributed by atoms with Crippen molar-refractivity contribution in [1.29, 1.82) is 0 Å². The molecule has 2 rings (SSSR count). The second kappa shape index (κ2) is 12.1. The maximum atomic E-state index is 13.4. The first-order chi connectivity index (χ1) is 15.6.